The van der Waals surface area contributed by atoms with Gasteiger partial charge in [0.15, 0.2) is 11.5 Å². The van der Waals surface area contributed by atoms with Gasteiger partial charge in [-0.1, -0.05) is 17.7 Å². The summed E-state index contributed by atoms with van der Waals surface area (Å²) in [5.41, 5.74) is 3.28. The Morgan fingerprint density at radius 3 is 2.25 bits per heavy atom. The third-order valence-electron chi connectivity index (χ3n) is 4.53. The van der Waals surface area contributed by atoms with Gasteiger partial charge in [-0.2, -0.15) is 10.1 Å². The fraction of sp³-hybridized carbons (Fsp3) is 0.238. The van der Waals surface area contributed by atoms with Gasteiger partial charge in [-0.15, -0.1) is 0 Å². The van der Waals surface area contributed by atoms with Crippen LogP contribution in [0, 0.1) is 6.92 Å². The normalized spacial score (nSPS) is 15.1. The molecule has 0 N–H and O–H groups in total. The summed E-state index contributed by atoms with van der Waals surface area (Å²) in [6, 6.07) is 8.95. The van der Waals surface area contributed by atoms with Gasteiger partial charge in [0.1, 0.15) is 0 Å². The molecule has 2 aromatic rings. The molecule has 2 aromatic carbocycles. The number of hydrogen-bond acceptors (Lipinski definition) is 5. The lowest BCUT2D eigenvalue weighted by Gasteiger charge is -2.15. The number of amides is 1. The summed E-state index contributed by atoms with van der Waals surface area (Å²) >= 11 is 6.20. The van der Waals surface area contributed by atoms with Gasteiger partial charge in [-0.3, -0.25) is 4.79 Å². The van der Waals surface area contributed by atoms with E-state index in [4.69, 9.17) is 25.8 Å². The van der Waals surface area contributed by atoms with E-state index in [1.165, 1.54) is 5.01 Å². The standard InChI is InChI=1S/C21H21ClN2O4/c1-12-16(22)7-6-8-17(12)24-21(25)15(13(2)23-24)9-14-10-18(26-3)20(28-5)19(11-14)27-4/h6-11H,1-5H3. The molecule has 3 rings (SSSR count). The number of nitrogens with zero attached hydrogens (tertiary/aromatic N) is 2. The number of methoxy groups -OCH3 is 3. The molecule has 0 radical (unpaired) electrons. The van der Waals surface area contributed by atoms with Crippen LogP contribution in [-0.2, 0) is 4.79 Å². The zero-order chi connectivity index (χ0) is 20.4. The first-order valence-electron chi connectivity index (χ1n) is 8.58. The van der Waals surface area contributed by atoms with E-state index in [2.05, 4.69) is 5.10 Å². The molecule has 1 aliphatic heterocycles. The Morgan fingerprint density at radius 1 is 1.04 bits per heavy atom. The molecular formula is C21H21ClN2O4. The highest BCUT2D eigenvalue weighted by Gasteiger charge is 2.30. The largest absolute Gasteiger partial charge is 0.493 e. The van der Waals surface area contributed by atoms with Crippen LogP contribution in [0.4, 0.5) is 5.69 Å². The zero-order valence-electron chi connectivity index (χ0n) is 16.4. The SMILES string of the molecule is COc1cc(C=C2C(=O)N(c3cccc(Cl)c3C)N=C2C)cc(OC)c1OC. The molecule has 0 spiro atoms. The second kappa shape index (κ2) is 7.94. The zero-order valence-corrected chi connectivity index (χ0v) is 17.1. The van der Waals surface area contributed by atoms with Crippen LogP contribution in [0.15, 0.2) is 41.0 Å². The van der Waals surface area contributed by atoms with E-state index >= 15 is 0 Å². The molecule has 28 heavy (non-hydrogen) atoms. The van der Waals surface area contributed by atoms with Crippen molar-refractivity contribution in [2.45, 2.75) is 13.8 Å². The Labute approximate surface area is 169 Å². The number of hydrazone groups is 1. The maximum atomic E-state index is 13.0. The minimum atomic E-state index is -0.225. The van der Waals surface area contributed by atoms with E-state index in [9.17, 15) is 4.79 Å². The van der Waals surface area contributed by atoms with Crippen LogP contribution in [0.3, 0.4) is 0 Å². The van der Waals surface area contributed by atoms with Crippen LogP contribution < -0.4 is 19.2 Å². The highest BCUT2D eigenvalue weighted by Crippen LogP contribution is 2.39. The molecule has 0 fully saturated rings. The predicted molar refractivity (Wildman–Crippen MR) is 111 cm³/mol. The fourth-order valence-electron chi connectivity index (χ4n) is 3.02. The monoisotopic (exact) mass is 400 g/mol. The first-order valence-corrected chi connectivity index (χ1v) is 8.96. The number of carbonyl (C=O) groups is 1. The molecule has 1 amide bonds. The van der Waals surface area contributed by atoms with E-state index in [-0.39, 0.29) is 5.91 Å². The molecule has 0 unspecified atom stereocenters. The molecule has 6 nitrogen and oxygen atoms in total. The average molecular weight is 401 g/mol. The van der Waals surface area contributed by atoms with E-state index in [0.29, 0.717) is 39.2 Å². The Balaban J connectivity index is 2.03. The second-order valence-corrected chi connectivity index (χ2v) is 6.61. The summed E-state index contributed by atoms with van der Waals surface area (Å²) in [6.45, 7) is 3.65. The maximum absolute atomic E-state index is 13.0. The summed E-state index contributed by atoms with van der Waals surface area (Å²) in [5.74, 6) is 1.29. The smallest absolute Gasteiger partial charge is 0.280 e. The van der Waals surface area contributed by atoms with Crippen molar-refractivity contribution in [1.82, 2.24) is 0 Å². The number of halogens is 1. The molecule has 0 atom stereocenters. The Bertz CT molecular complexity index is 973. The summed E-state index contributed by atoms with van der Waals surface area (Å²) < 4.78 is 16.1. The summed E-state index contributed by atoms with van der Waals surface area (Å²) in [5, 5.41) is 6.38. The Kier molecular flexibility index (Phi) is 5.61. The number of ether oxygens (including phenoxy) is 3. The summed E-state index contributed by atoms with van der Waals surface area (Å²) in [6.07, 6.45) is 1.76. The highest BCUT2D eigenvalue weighted by molar-refractivity contribution is 6.34. The molecule has 1 aliphatic rings. The molecular weight excluding hydrogens is 380 g/mol. The van der Waals surface area contributed by atoms with Crippen molar-refractivity contribution in [3.8, 4) is 17.2 Å². The van der Waals surface area contributed by atoms with Gasteiger partial charge in [0.25, 0.3) is 5.91 Å². The lowest BCUT2D eigenvalue weighted by Crippen LogP contribution is -2.22. The molecule has 146 valence electrons. The minimum absolute atomic E-state index is 0.225. The predicted octanol–water partition coefficient (Wildman–Crippen LogP) is 4.48. The molecule has 7 heteroatoms. The van der Waals surface area contributed by atoms with Crippen LogP contribution in [0.5, 0.6) is 17.2 Å². The maximum Gasteiger partial charge on any atom is 0.280 e. The van der Waals surface area contributed by atoms with Gasteiger partial charge in [0.05, 0.1) is 38.3 Å². The van der Waals surface area contributed by atoms with Crippen molar-refractivity contribution in [1.29, 1.82) is 0 Å². The molecule has 0 saturated heterocycles. The molecule has 0 aromatic heterocycles. The number of hydrogen-bond donors (Lipinski definition) is 0. The van der Waals surface area contributed by atoms with Gasteiger partial charge >= 0.3 is 0 Å². The van der Waals surface area contributed by atoms with E-state index in [1.807, 2.05) is 13.0 Å². The van der Waals surface area contributed by atoms with Crippen LogP contribution in [0.1, 0.15) is 18.1 Å². The Morgan fingerprint density at radius 2 is 1.68 bits per heavy atom. The van der Waals surface area contributed by atoms with Crippen molar-refractivity contribution < 1.29 is 19.0 Å². The quantitative estimate of drug-likeness (QED) is 0.694. The van der Waals surface area contributed by atoms with E-state index < -0.39 is 0 Å². The number of carbonyl (C=O) groups excluding carboxylic acids is 1. The summed E-state index contributed by atoms with van der Waals surface area (Å²) in [4.78, 5) is 13.0. The van der Waals surface area contributed by atoms with Crippen molar-refractivity contribution in [3.63, 3.8) is 0 Å². The van der Waals surface area contributed by atoms with Gasteiger partial charge < -0.3 is 14.2 Å². The van der Waals surface area contributed by atoms with E-state index in [1.54, 1.807) is 58.6 Å². The van der Waals surface area contributed by atoms with Crippen molar-refractivity contribution >= 4 is 35.0 Å². The highest BCUT2D eigenvalue weighted by atomic mass is 35.5. The van der Waals surface area contributed by atoms with Crippen molar-refractivity contribution in [2.24, 2.45) is 5.10 Å². The fourth-order valence-corrected chi connectivity index (χ4v) is 3.19. The van der Waals surface area contributed by atoms with Gasteiger partial charge in [0, 0.05) is 5.02 Å². The third kappa shape index (κ3) is 3.43. The number of benzene rings is 2. The second-order valence-electron chi connectivity index (χ2n) is 6.20. The molecule has 0 bridgehead atoms. The van der Waals surface area contributed by atoms with E-state index in [0.717, 1.165) is 11.1 Å². The Hall–Kier alpha value is -2.99. The summed E-state index contributed by atoms with van der Waals surface area (Å²) in [7, 11) is 4.64. The molecule has 0 aliphatic carbocycles. The molecule has 1 heterocycles. The van der Waals surface area contributed by atoms with Crippen LogP contribution in [0.25, 0.3) is 6.08 Å². The van der Waals surface area contributed by atoms with Crippen molar-refractivity contribution in [2.75, 3.05) is 26.3 Å². The average Bonchev–Trinajstić information content (AvgIpc) is 2.97. The molecule has 0 saturated carbocycles. The topological polar surface area (TPSA) is 60.4 Å². The number of rotatable bonds is 5. The first kappa shape index (κ1) is 19.8. The van der Waals surface area contributed by atoms with Crippen LogP contribution in [0.2, 0.25) is 5.02 Å². The third-order valence-corrected chi connectivity index (χ3v) is 4.94. The lowest BCUT2D eigenvalue weighted by molar-refractivity contribution is -0.114. The minimum Gasteiger partial charge on any atom is -0.493 e. The van der Waals surface area contributed by atoms with Gasteiger partial charge in [-0.25, -0.2) is 0 Å². The van der Waals surface area contributed by atoms with Crippen LogP contribution in [-0.4, -0.2) is 32.9 Å². The van der Waals surface area contributed by atoms with Crippen molar-refractivity contribution in [3.05, 3.63) is 52.1 Å². The van der Waals surface area contributed by atoms with Gasteiger partial charge in [0.2, 0.25) is 5.75 Å². The van der Waals surface area contributed by atoms with Crippen LogP contribution >= 0.6 is 11.6 Å². The van der Waals surface area contributed by atoms with Gasteiger partial charge in [-0.05, 0) is 55.3 Å². The first-order chi connectivity index (χ1) is 13.4. The lowest BCUT2D eigenvalue weighted by atomic mass is 10.1. The number of anilines is 1.